The van der Waals surface area contributed by atoms with Gasteiger partial charge in [0.15, 0.2) is 11.5 Å². The fourth-order valence-electron chi connectivity index (χ4n) is 3.93. The Hall–Kier alpha value is -5.32. The first-order chi connectivity index (χ1) is 18.7. The van der Waals surface area contributed by atoms with Crippen LogP contribution in [0.4, 0.5) is 20.6 Å². The van der Waals surface area contributed by atoms with Crippen LogP contribution in [0.15, 0.2) is 78.9 Å². The Morgan fingerprint density at radius 2 is 1.85 bits per heavy atom. The van der Waals surface area contributed by atoms with Crippen LogP contribution in [-0.4, -0.2) is 29.9 Å². The average molecular weight is 531 g/mol. The molecule has 1 heterocycles. The number of ether oxygens (including phenoxy) is 2. The SMILES string of the molecule is C=CCc1cc(/C=C2\C(=O)NC(=O)N(c3cccc([N+](=O)[O-])c3)C2=O)cc(OC)c1OCc1ccc(F)cc1. The number of halogens is 1. The van der Waals surface area contributed by atoms with E-state index in [-0.39, 0.29) is 29.4 Å². The van der Waals surface area contributed by atoms with Crippen LogP contribution >= 0.6 is 0 Å². The van der Waals surface area contributed by atoms with Crippen LogP contribution in [0, 0.1) is 15.9 Å². The summed E-state index contributed by atoms with van der Waals surface area (Å²) < 4.78 is 24.7. The van der Waals surface area contributed by atoms with Gasteiger partial charge in [0.25, 0.3) is 17.5 Å². The largest absolute Gasteiger partial charge is 0.493 e. The number of nitrogens with zero attached hydrogens (tertiary/aromatic N) is 2. The second-order valence-corrected chi connectivity index (χ2v) is 8.35. The van der Waals surface area contributed by atoms with Crippen LogP contribution in [0.25, 0.3) is 6.08 Å². The van der Waals surface area contributed by atoms with Crippen molar-refractivity contribution >= 4 is 35.3 Å². The van der Waals surface area contributed by atoms with Crippen molar-refractivity contribution in [1.29, 1.82) is 0 Å². The molecule has 0 bridgehead atoms. The normalized spacial score (nSPS) is 14.3. The number of allylic oxidation sites excluding steroid dienone is 1. The number of nitrogens with one attached hydrogen (secondary N) is 1. The first-order valence-corrected chi connectivity index (χ1v) is 11.6. The molecule has 0 saturated carbocycles. The van der Waals surface area contributed by atoms with Crippen molar-refractivity contribution in [2.75, 3.05) is 12.0 Å². The summed E-state index contributed by atoms with van der Waals surface area (Å²) >= 11 is 0. The zero-order valence-corrected chi connectivity index (χ0v) is 20.7. The molecule has 0 aliphatic carbocycles. The van der Waals surface area contributed by atoms with Gasteiger partial charge in [0, 0.05) is 17.7 Å². The number of nitro groups is 1. The number of amides is 4. The quantitative estimate of drug-likeness (QED) is 0.139. The summed E-state index contributed by atoms with van der Waals surface area (Å²) in [4.78, 5) is 49.5. The van der Waals surface area contributed by atoms with Crippen molar-refractivity contribution < 1.29 is 33.2 Å². The van der Waals surface area contributed by atoms with Crippen molar-refractivity contribution in [2.45, 2.75) is 13.0 Å². The Bertz CT molecular complexity index is 1520. The third-order valence-electron chi connectivity index (χ3n) is 5.75. The van der Waals surface area contributed by atoms with Gasteiger partial charge < -0.3 is 9.47 Å². The van der Waals surface area contributed by atoms with Gasteiger partial charge in [-0.25, -0.2) is 14.1 Å². The van der Waals surface area contributed by atoms with E-state index in [1.807, 2.05) is 0 Å². The molecule has 4 rings (SSSR count). The Morgan fingerprint density at radius 3 is 2.51 bits per heavy atom. The number of barbiturate groups is 1. The molecule has 3 aromatic rings. The molecule has 0 atom stereocenters. The Morgan fingerprint density at radius 1 is 1.10 bits per heavy atom. The number of carbonyl (C=O) groups is 3. The predicted octanol–water partition coefficient (Wildman–Crippen LogP) is 4.72. The molecule has 1 aliphatic rings. The maximum atomic E-state index is 13.3. The highest BCUT2D eigenvalue weighted by Crippen LogP contribution is 2.35. The van der Waals surface area contributed by atoms with Crippen molar-refractivity contribution in [3.8, 4) is 11.5 Å². The van der Waals surface area contributed by atoms with E-state index in [1.54, 1.807) is 30.3 Å². The van der Waals surface area contributed by atoms with Crippen LogP contribution in [0.3, 0.4) is 0 Å². The van der Waals surface area contributed by atoms with Crippen molar-refractivity contribution in [1.82, 2.24) is 5.32 Å². The lowest BCUT2D eigenvalue weighted by Gasteiger charge is -2.26. The number of methoxy groups -OCH3 is 1. The van der Waals surface area contributed by atoms with Crippen LogP contribution in [-0.2, 0) is 22.6 Å². The molecule has 198 valence electrons. The molecule has 1 aliphatic heterocycles. The molecular weight excluding hydrogens is 509 g/mol. The summed E-state index contributed by atoms with van der Waals surface area (Å²) in [6, 6.07) is 13.0. The summed E-state index contributed by atoms with van der Waals surface area (Å²) in [5.41, 5.74) is 0.987. The summed E-state index contributed by atoms with van der Waals surface area (Å²) in [6.45, 7) is 3.88. The highest BCUT2D eigenvalue weighted by atomic mass is 19.1. The van der Waals surface area contributed by atoms with E-state index < -0.39 is 22.8 Å². The number of carbonyl (C=O) groups excluding carboxylic acids is 3. The number of imide groups is 2. The molecular formula is C28H22FN3O7. The van der Waals surface area contributed by atoms with E-state index in [4.69, 9.17) is 9.47 Å². The zero-order valence-electron chi connectivity index (χ0n) is 20.7. The smallest absolute Gasteiger partial charge is 0.335 e. The maximum Gasteiger partial charge on any atom is 0.335 e. The Kier molecular flexibility index (Phi) is 7.80. The molecule has 0 spiro atoms. The van der Waals surface area contributed by atoms with E-state index in [0.29, 0.717) is 33.9 Å². The summed E-state index contributed by atoms with van der Waals surface area (Å²) in [6.07, 6.45) is 3.27. The maximum absolute atomic E-state index is 13.3. The minimum absolute atomic E-state index is 0.0698. The minimum Gasteiger partial charge on any atom is -0.493 e. The molecule has 0 radical (unpaired) electrons. The second-order valence-electron chi connectivity index (χ2n) is 8.35. The van der Waals surface area contributed by atoms with E-state index in [1.165, 1.54) is 43.5 Å². The van der Waals surface area contributed by atoms with Gasteiger partial charge in [-0.3, -0.25) is 25.0 Å². The van der Waals surface area contributed by atoms with Crippen LogP contribution < -0.4 is 19.7 Å². The van der Waals surface area contributed by atoms with Crippen molar-refractivity contribution in [2.24, 2.45) is 0 Å². The number of anilines is 1. The Labute approximate surface area is 222 Å². The van der Waals surface area contributed by atoms with Gasteiger partial charge in [0.05, 0.1) is 17.7 Å². The van der Waals surface area contributed by atoms with Crippen LogP contribution in [0.2, 0.25) is 0 Å². The fourth-order valence-corrected chi connectivity index (χ4v) is 3.93. The summed E-state index contributed by atoms with van der Waals surface area (Å²) in [5.74, 6) is -1.54. The average Bonchev–Trinajstić information content (AvgIpc) is 2.91. The number of hydrogen-bond acceptors (Lipinski definition) is 7. The monoisotopic (exact) mass is 531 g/mol. The summed E-state index contributed by atoms with van der Waals surface area (Å²) in [5, 5.41) is 13.3. The predicted molar refractivity (Wildman–Crippen MR) is 140 cm³/mol. The molecule has 10 nitrogen and oxygen atoms in total. The lowest BCUT2D eigenvalue weighted by molar-refractivity contribution is -0.384. The lowest BCUT2D eigenvalue weighted by Crippen LogP contribution is -2.54. The van der Waals surface area contributed by atoms with Gasteiger partial charge in [-0.05, 0) is 54.0 Å². The first-order valence-electron chi connectivity index (χ1n) is 11.6. The zero-order chi connectivity index (χ0) is 28.1. The third-order valence-corrected chi connectivity index (χ3v) is 5.75. The molecule has 11 heteroatoms. The molecule has 3 aromatic carbocycles. The first kappa shape index (κ1) is 26.7. The standard InChI is InChI=1S/C28H22FN3O7/c1-3-5-19-12-18(14-24(38-2)25(19)39-16-17-8-10-20(29)11-9-17)13-23-26(33)30-28(35)31(27(23)34)21-6-4-7-22(15-21)32(36)37/h3-4,6-15H,1,5,16H2,2H3,(H,30,33,35)/b23-13+. The van der Waals surface area contributed by atoms with Crippen molar-refractivity contribution in [3.05, 3.63) is 112 Å². The number of hydrogen-bond donors (Lipinski definition) is 1. The van der Waals surface area contributed by atoms with Gasteiger partial charge in [-0.2, -0.15) is 0 Å². The second kappa shape index (κ2) is 11.4. The molecule has 4 amide bonds. The number of benzene rings is 3. The van der Waals surface area contributed by atoms with Gasteiger partial charge >= 0.3 is 6.03 Å². The lowest BCUT2D eigenvalue weighted by atomic mass is 10.0. The summed E-state index contributed by atoms with van der Waals surface area (Å²) in [7, 11) is 1.43. The molecule has 39 heavy (non-hydrogen) atoms. The minimum atomic E-state index is -1.03. The number of non-ortho nitro benzene ring substituents is 1. The fraction of sp³-hybridized carbons (Fsp3) is 0.107. The van der Waals surface area contributed by atoms with Gasteiger partial charge in [-0.15, -0.1) is 6.58 Å². The number of nitro benzene ring substituents is 1. The van der Waals surface area contributed by atoms with E-state index >= 15 is 0 Å². The molecule has 0 aromatic heterocycles. The highest BCUT2D eigenvalue weighted by Gasteiger charge is 2.37. The third kappa shape index (κ3) is 5.82. The highest BCUT2D eigenvalue weighted by molar-refractivity contribution is 6.39. The van der Waals surface area contributed by atoms with E-state index in [2.05, 4.69) is 11.9 Å². The van der Waals surface area contributed by atoms with Gasteiger partial charge in [-0.1, -0.05) is 24.3 Å². The van der Waals surface area contributed by atoms with Gasteiger partial charge in [0.2, 0.25) is 0 Å². The molecule has 0 unspecified atom stereocenters. The molecule has 1 N–H and O–H groups in total. The topological polar surface area (TPSA) is 128 Å². The van der Waals surface area contributed by atoms with Crippen LogP contribution in [0.5, 0.6) is 11.5 Å². The van der Waals surface area contributed by atoms with Crippen molar-refractivity contribution in [3.63, 3.8) is 0 Å². The van der Waals surface area contributed by atoms with Crippen LogP contribution in [0.1, 0.15) is 16.7 Å². The number of urea groups is 1. The van der Waals surface area contributed by atoms with E-state index in [9.17, 15) is 28.9 Å². The molecule has 1 fully saturated rings. The van der Waals surface area contributed by atoms with Gasteiger partial charge in [0.1, 0.15) is 18.0 Å². The Balaban J connectivity index is 1.70. The number of rotatable bonds is 9. The van der Waals surface area contributed by atoms with E-state index in [0.717, 1.165) is 11.6 Å². The molecule has 1 saturated heterocycles.